The van der Waals surface area contributed by atoms with Crippen molar-refractivity contribution in [2.45, 2.75) is 38.0 Å². The molecule has 1 fully saturated rings. The highest BCUT2D eigenvalue weighted by molar-refractivity contribution is 5.81. The summed E-state index contributed by atoms with van der Waals surface area (Å²) in [4.78, 5) is 13.3. The Hall–Kier alpha value is -3.12. The molecule has 0 saturated carbocycles. The third kappa shape index (κ3) is 6.26. The summed E-state index contributed by atoms with van der Waals surface area (Å²) in [5, 5.41) is 10.2. The Morgan fingerprint density at radius 2 is 2.09 bits per heavy atom. The Bertz CT molecular complexity index is 988. The zero-order valence-corrected chi connectivity index (χ0v) is 18.2. The maximum atomic E-state index is 14.5. The summed E-state index contributed by atoms with van der Waals surface area (Å²) in [6, 6.07) is 3.02. The van der Waals surface area contributed by atoms with E-state index in [4.69, 9.17) is 10.1 Å². The number of piperidine rings is 1. The molecule has 0 bridgehead atoms. The molecule has 2 aromatic heterocycles. The predicted molar refractivity (Wildman–Crippen MR) is 114 cm³/mol. The van der Waals surface area contributed by atoms with Crippen molar-refractivity contribution in [1.82, 2.24) is 15.0 Å². The molecule has 2 aromatic rings. The Balaban J connectivity index is 1.73. The van der Waals surface area contributed by atoms with E-state index < -0.39 is 48.8 Å². The van der Waals surface area contributed by atoms with Gasteiger partial charge < -0.3 is 20.4 Å². The van der Waals surface area contributed by atoms with Crippen molar-refractivity contribution in [1.29, 1.82) is 5.41 Å². The summed E-state index contributed by atoms with van der Waals surface area (Å²) >= 11 is 0. The van der Waals surface area contributed by atoms with Gasteiger partial charge in [-0.25, -0.2) is 28.1 Å². The first kappa shape index (κ1) is 25.5. The fraction of sp³-hybridized carbons (Fsp3) is 0.524. The highest BCUT2D eigenvalue weighted by Gasteiger charge is 2.45. The molecule has 34 heavy (non-hydrogen) atoms. The summed E-state index contributed by atoms with van der Waals surface area (Å²) in [5.41, 5.74) is -1.01. The van der Waals surface area contributed by atoms with Crippen LogP contribution in [0.1, 0.15) is 31.2 Å². The number of hydrogen-bond acceptors (Lipinski definition) is 7. The van der Waals surface area contributed by atoms with Crippen LogP contribution < -0.4 is 15.0 Å². The molecular weight excluding hydrogens is 466 g/mol. The Labute approximate surface area is 192 Å². The van der Waals surface area contributed by atoms with Crippen LogP contribution in [-0.4, -0.2) is 59.5 Å². The fourth-order valence-corrected chi connectivity index (χ4v) is 3.33. The molecule has 0 spiro atoms. The molecule has 0 radical (unpaired) electrons. The standard InChI is InChI=1S/C21H24F6N6O/c1-2-14(22)9-30-19-15(8-28)29-10-17(32-19)33-7-6-20(23,24)13(11-33)12-34-18-5-3-4-16(31-18)21(25,26)27/h3-5,8,10,13-14,28H,2,6-7,9,11-12H2,1H3,(H,30,32). The number of halogens is 6. The monoisotopic (exact) mass is 490 g/mol. The number of anilines is 2. The Morgan fingerprint density at radius 1 is 1.32 bits per heavy atom. The normalized spacial score (nSPS) is 18.9. The fourth-order valence-electron chi connectivity index (χ4n) is 3.33. The van der Waals surface area contributed by atoms with E-state index in [2.05, 4.69) is 20.3 Å². The first-order valence-electron chi connectivity index (χ1n) is 10.6. The van der Waals surface area contributed by atoms with Gasteiger partial charge in [0.05, 0.1) is 12.1 Å². The van der Waals surface area contributed by atoms with E-state index in [1.807, 2.05) is 0 Å². The molecule has 1 saturated heterocycles. The van der Waals surface area contributed by atoms with Gasteiger partial charge in [-0.1, -0.05) is 13.0 Å². The molecule has 3 heterocycles. The van der Waals surface area contributed by atoms with Gasteiger partial charge in [-0.15, -0.1) is 0 Å². The SMILES string of the molecule is CCC(F)CNc1nc(N2CCC(F)(F)C(COc3cccc(C(F)(F)F)n3)C2)cnc1C=N. The summed E-state index contributed by atoms with van der Waals surface area (Å²) < 4.78 is 86.4. The second kappa shape index (κ2) is 10.4. The molecule has 0 aliphatic carbocycles. The van der Waals surface area contributed by atoms with E-state index in [-0.39, 0.29) is 43.4 Å². The molecule has 1 aliphatic heterocycles. The van der Waals surface area contributed by atoms with Crippen molar-refractivity contribution < 1.29 is 31.1 Å². The van der Waals surface area contributed by atoms with Crippen LogP contribution in [0, 0.1) is 11.3 Å². The van der Waals surface area contributed by atoms with Crippen LogP contribution in [0.5, 0.6) is 5.88 Å². The number of nitrogens with one attached hydrogen (secondary N) is 2. The Morgan fingerprint density at radius 3 is 2.76 bits per heavy atom. The van der Waals surface area contributed by atoms with Gasteiger partial charge in [-0.2, -0.15) is 13.2 Å². The van der Waals surface area contributed by atoms with Gasteiger partial charge >= 0.3 is 6.18 Å². The van der Waals surface area contributed by atoms with Crippen LogP contribution in [0.4, 0.5) is 38.0 Å². The van der Waals surface area contributed by atoms with Crippen molar-refractivity contribution in [2.75, 3.05) is 36.5 Å². The molecule has 0 amide bonds. The van der Waals surface area contributed by atoms with E-state index in [9.17, 15) is 26.3 Å². The van der Waals surface area contributed by atoms with E-state index in [0.29, 0.717) is 0 Å². The zero-order chi connectivity index (χ0) is 24.9. The first-order valence-corrected chi connectivity index (χ1v) is 10.6. The van der Waals surface area contributed by atoms with Crippen molar-refractivity contribution in [3.8, 4) is 5.88 Å². The highest BCUT2D eigenvalue weighted by Crippen LogP contribution is 2.36. The number of rotatable bonds is 9. The molecular formula is C21H24F6N6O. The molecule has 13 heteroatoms. The maximum Gasteiger partial charge on any atom is 0.433 e. The molecule has 186 valence electrons. The van der Waals surface area contributed by atoms with Crippen LogP contribution in [0.15, 0.2) is 24.4 Å². The van der Waals surface area contributed by atoms with Crippen molar-refractivity contribution in [3.63, 3.8) is 0 Å². The largest absolute Gasteiger partial charge is 0.477 e. The average Bonchev–Trinajstić information content (AvgIpc) is 2.81. The number of aromatic nitrogens is 3. The van der Waals surface area contributed by atoms with Crippen LogP contribution in [0.2, 0.25) is 0 Å². The van der Waals surface area contributed by atoms with Crippen LogP contribution in [0.3, 0.4) is 0 Å². The minimum atomic E-state index is -4.68. The lowest BCUT2D eigenvalue weighted by Gasteiger charge is -2.38. The molecule has 1 aliphatic rings. The van der Waals surface area contributed by atoms with Gasteiger partial charge in [0.2, 0.25) is 5.88 Å². The zero-order valence-electron chi connectivity index (χ0n) is 18.2. The van der Waals surface area contributed by atoms with E-state index >= 15 is 0 Å². The summed E-state index contributed by atoms with van der Waals surface area (Å²) in [5.74, 6) is -4.47. The van der Waals surface area contributed by atoms with Gasteiger partial charge in [0.25, 0.3) is 5.92 Å². The van der Waals surface area contributed by atoms with Crippen molar-refractivity contribution >= 4 is 17.9 Å². The smallest absolute Gasteiger partial charge is 0.433 e. The summed E-state index contributed by atoms with van der Waals surface area (Å²) in [7, 11) is 0. The lowest BCUT2D eigenvalue weighted by Crippen LogP contribution is -2.49. The predicted octanol–water partition coefficient (Wildman–Crippen LogP) is 4.59. The van der Waals surface area contributed by atoms with Gasteiger partial charge in [0.1, 0.15) is 30.0 Å². The maximum absolute atomic E-state index is 14.5. The minimum Gasteiger partial charge on any atom is -0.477 e. The molecule has 7 nitrogen and oxygen atoms in total. The summed E-state index contributed by atoms with van der Waals surface area (Å²) in [6.07, 6.45) is -3.80. The number of alkyl halides is 6. The number of ether oxygens (including phenoxy) is 1. The van der Waals surface area contributed by atoms with Gasteiger partial charge in [-0.3, -0.25) is 0 Å². The number of nitrogens with zero attached hydrogens (tertiary/aromatic N) is 4. The molecule has 0 aromatic carbocycles. The molecule has 2 unspecified atom stereocenters. The number of pyridine rings is 1. The topological polar surface area (TPSA) is 87.0 Å². The van der Waals surface area contributed by atoms with E-state index in [0.717, 1.165) is 18.3 Å². The first-order chi connectivity index (χ1) is 16.0. The van der Waals surface area contributed by atoms with Gasteiger partial charge in [0.15, 0.2) is 5.82 Å². The summed E-state index contributed by atoms with van der Waals surface area (Å²) in [6.45, 7) is 0.814. The van der Waals surface area contributed by atoms with Crippen LogP contribution in [0.25, 0.3) is 0 Å². The highest BCUT2D eigenvalue weighted by atomic mass is 19.4. The second-order valence-corrected chi connectivity index (χ2v) is 7.82. The van der Waals surface area contributed by atoms with Crippen LogP contribution in [-0.2, 0) is 6.18 Å². The lowest BCUT2D eigenvalue weighted by molar-refractivity contribution is -0.141. The molecule has 2 N–H and O–H groups in total. The lowest BCUT2D eigenvalue weighted by atomic mass is 9.94. The Kier molecular flexibility index (Phi) is 7.82. The average molecular weight is 490 g/mol. The van der Waals surface area contributed by atoms with Crippen molar-refractivity contribution in [3.05, 3.63) is 35.8 Å². The molecule has 2 atom stereocenters. The van der Waals surface area contributed by atoms with Crippen molar-refractivity contribution in [2.24, 2.45) is 5.92 Å². The third-order valence-corrected chi connectivity index (χ3v) is 5.38. The van der Waals surface area contributed by atoms with Gasteiger partial charge in [0, 0.05) is 38.3 Å². The minimum absolute atomic E-state index is 0.0476. The van der Waals surface area contributed by atoms with E-state index in [1.54, 1.807) is 11.8 Å². The van der Waals surface area contributed by atoms with E-state index in [1.165, 1.54) is 12.3 Å². The molecule has 3 rings (SSSR count). The van der Waals surface area contributed by atoms with Gasteiger partial charge in [-0.05, 0) is 12.5 Å². The third-order valence-electron chi connectivity index (χ3n) is 5.38. The quantitative estimate of drug-likeness (QED) is 0.395. The number of hydrogen-bond donors (Lipinski definition) is 2. The van der Waals surface area contributed by atoms with Crippen LogP contribution >= 0.6 is 0 Å². The second-order valence-electron chi connectivity index (χ2n) is 7.82.